The van der Waals surface area contributed by atoms with Crippen LogP contribution in [0, 0.1) is 11.6 Å². The average Bonchev–Trinajstić information content (AvgIpc) is 3.03. The number of nitrogens with zero attached hydrogens (tertiary/aromatic N) is 1. The maximum atomic E-state index is 14.0. The monoisotopic (exact) mass is 387 g/mol. The summed E-state index contributed by atoms with van der Waals surface area (Å²) < 4.78 is 29.2. The molecule has 0 bridgehead atoms. The summed E-state index contributed by atoms with van der Waals surface area (Å²) in [5.41, 5.74) is -0.791. The minimum absolute atomic E-state index is 0.180. The quantitative estimate of drug-likeness (QED) is 0.604. The van der Waals surface area contributed by atoms with E-state index in [2.05, 4.69) is 10.4 Å². The van der Waals surface area contributed by atoms with Crippen LogP contribution in [-0.2, 0) is 4.79 Å². The van der Waals surface area contributed by atoms with Crippen LogP contribution in [0.5, 0.6) is 0 Å². The number of rotatable bonds is 6. The van der Waals surface area contributed by atoms with Crippen LogP contribution in [0.15, 0.2) is 59.4 Å². The van der Waals surface area contributed by atoms with Gasteiger partial charge in [0.05, 0.1) is 18.2 Å². The number of hydrogen-bond donors (Lipinski definition) is 3. The molecule has 2 aromatic carbocycles. The maximum Gasteiger partial charge on any atom is 0.305 e. The molecular weight excluding hydrogens is 372 g/mol. The number of halogens is 2. The van der Waals surface area contributed by atoms with Crippen molar-refractivity contribution in [1.82, 2.24) is 15.1 Å². The first-order valence-electron chi connectivity index (χ1n) is 8.21. The molecule has 28 heavy (non-hydrogen) atoms. The number of nitrogens with one attached hydrogen (secondary N) is 2. The second-order valence-electron chi connectivity index (χ2n) is 5.94. The number of aliphatic carboxylic acids is 1. The summed E-state index contributed by atoms with van der Waals surface area (Å²) >= 11 is 0. The lowest BCUT2D eigenvalue weighted by atomic mass is 10.0. The molecule has 3 N–H and O–H groups in total. The Labute approximate surface area is 157 Å². The average molecular weight is 387 g/mol. The van der Waals surface area contributed by atoms with Crippen molar-refractivity contribution in [1.29, 1.82) is 0 Å². The van der Waals surface area contributed by atoms with Crippen molar-refractivity contribution in [2.75, 3.05) is 0 Å². The van der Waals surface area contributed by atoms with Crippen LogP contribution in [0.1, 0.15) is 28.5 Å². The van der Waals surface area contributed by atoms with Gasteiger partial charge in [-0.05, 0) is 24.3 Å². The molecule has 3 aromatic rings. The van der Waals surface area contributed by atoms with Gasteiger partial charge < -0.3 is 10.4 Å². The van der Waals surface area contributed by atoms with Crippen LogP contribution in [0.25, 0.3) is 5.69 Å². The minimum Gasteiger partial charge on any atom is -0.481 e. The van der Waals surface area contributed by atoms with Gasteiger partial charge in [0.15, 0.2) is 0 Å². The van der Waals surface area contributed by atoms with Crippen LogP contribution < -0.4 is 10.9 Å². The number of aromatic amines is 1. The summed E-state index contributed by atoms with van der Waals surface area (Å²) in [6.07, 6.45) is -0.743. The van der Waals surface area contributed by atoms with Gasteiger partial charge in [-0.15, -0.1) is 0 Å². The topological polar surface area (TPSA) is 104 Å². The van der Waals surface area contributed by atoms with Gasteiger partial charge in [-0.3, -0.25) is 19.5 Å². The molecule has 1 heterocycles. The van der Waals surface area contributed by atoms with E-state index in [0.29, 0.717) is 5.69 Å². The Balaban J connectivity index is 1.91. The molecule has 0 aliphatic carbocycles. The number of H-pyrrole nitrogens is 1. The fourth-order valence-corrected chi connectivity index (χ4v) is 2.76. The standard InChI is InChI=1S/C19H15F2N3O4/c20-12-7-4-8-13(21)18(12)14(10-17(26)27)22-19(28)15-9-16(25)24(23-15)11-5-2-1-3-6-11/h1-9,14,23H,10H2,(H,22,28)(H,26,27)/t14-/m0/s1. The molecule has 0 saturated heterocycles. The summed E-state index contributed by atoms with van der Waals surface area (Å²) in [5, 5.41) is 13.9. The summed E-state index contributed by atoms with van der Waals surface area (Å²) in [4.78, 5) is 35.7. The summed E-state index contributed by atoms with van der Waals surface area (Å²) in [6.45, 7) is 0. The molecule has 1 atom stereocenters. The van der Waals surface area contributed by atoms with Crippen LogP contribution in [0.3, 0.4) is 0 Å². The second-order valence-corrected chi connectivity index (χ2v) is 5.94. The van der Waals surface area contributed by atoms with Gasteiger partial charge in [-0.1, -0.05) is 24.3 Å². The highest BCUT2D eigenvalue weighted by Gasteiger charge is 2.26. The van der Waals surface area contributed by atoms with Crippen LogP contribution in [0.4, 0.5) is 8.78 Å². The minimum atomic E-state index is -1.46. The van der Waals surface area contributed by atoms with Crippen molar-refractivity contribution >= 4 is 11.9 Å². The van der Waals surface area contributed by atoms with Crippen molar-refractivity contribution in [3.63, 3.8) is 0 Å². The molecular formula is C19H15F2N3O4. The maximum absolute atomic E-state index is 14.0. The molecule has 9 heteroatoms. The number of carboxylic acid groups (broad SMARTS) is 1. The Kier molecular flexibility index (Phi) is 5.35. The Morgan fingerprint density at radius 3 is 2.32 bits per heavy atom. The van der Waals surface area contributed by atoms with Gasteiger partial charge in [0.25, 0.3) is 11.5 Å². The van der Waals surface area contributed by atoms with E-state index >= 15 is 0 Å². The molecule has 0 aliphatic heterocycles. The van der Waals surface area contributed by atoms with Crippen molar-refractivity contribution in [3.8, 4) is 5.69 Å². The fourth-order valence-electron chi connectivity index (χ4n) is 2.76. The van der Waals surface area contributed by atoms with Gasteiger partial charge in [-0.2, -0.15) is 0 Å². The first kappa shape index (κ1) is 19.0. The molecule has 144 valence electrons. The first-order valence-corrected chi connectivity index (χ1v) is 8.21. The summed E-state index contributed by atoms with van der Waals surface area (Å²) in [5.74, 6) is -4.20. The fraction of sp³-hybridized carbons (Fsp3) is 0.105. The number of aromatic nitrogens is 2. The number of carbonyl (C=O) groups is 2. The zero-order valence-corrected chi connectivity index (χ0v) is 14.4. The largest absolute Gasteiger partial charge is 0.481 e. The first-order chi connectivity index (χ1) is 13.4. The lowest BCUT2D eigenvalue weighted by Crippen LogP contribution is -2.31. The van der Waals surface area contributed by atoms with Gasteiger partial charge >= 0.3 is 5.97 Å². The van der Waals surface area contributed by atoms with Crippen molar-refractivity contribution in [3.05, 3.63) is 87.8 Å². The van der Waals surface area contributed by atoms with Gasteiger partial charge in [0.1, 0.15) is 17.3 Å². The van der Waals surface area contributed by atoms with E-state index < -0.39 is 47.1 Å². The van der Waals surface area contributed by atoms with Crippen molar-refractivity contribution in [2.45, 2.75) is 12.5 Å². The predicted molar refractivity (Wildman–Crippen MR) is 95.2 cm³/mol. The Morgan fingerprint density at radius 1 is 1.07 bits per heavy atom. The molecule has 1 amide bonds. The summed E-state index contributed by atoms with van der Waals surface area (Å²) in [6, 6.07) is 11.0. The van der Waals surface area contributed by atoms with Crippen LogP contribution in [-0.4, -0.2) is 26.8 Å². The highest BCUT2D eigenvalue weighted by Crippen LogP contribution is 2.24. The molecule has 0 unspecified atom stereocenters. The third kappa shape index (κ3) is 3.98. The number of hydrogen-bond acceptors (Lipinski definition) is 3. The van der Waals surface area contributed by atoms with Gasteiger partial charge in [0, 0.05) is 11.6 Å². The van der Waals surface area contributed by atoms with E-state index in [-0.39, 0.29) is 5.69 Å². The van der Waals surface area contributed by atoms with Crippen molar-refractivity contribution < 1.29 is 23.5 Å². The van der Waals surface area contributed by atoms with Gasteiger partial charge in [-0.25, -0.2) is 13.5 Å². The highest BCUT2D eigenvalue weighted by atomic mass is 19.1. The summed E-state index contributed by atoms with van der Waals surface area (Å²) in [7, 11) is 0. The molecule has 0 radical (unpaired) electrons. The van der Waals surface area contributed by atoms with E-state index in [0.717, 1.165) is 28.9 Å². The van der Waals surface area contributed by atoms with E-state index in [1.807, 2.05) is 0 Å². The third-order valence-corrected chi connectivity index (χ3v) is 4.01. The molecule has 3 rings (SSSR count). The normalized spacial score (nSPS) is 11.8. The second kappa shape index (κ2) is 7.87. The highest BCUT2D eigenvalue weighted by molar-refractivity contribution is 5.92. The molecule has 7 nitrogen and oxygen atoms in total. The molecule has 0 aliphatic rings. The van der Waals surface area contributed by atoms with E-state index in [4.69, 9.17) is 5.11 Å². The number of carboxylic acids is 1. The third-order valence-electron chi connectivity index (χ3n) is 4.01. The number of carbonyl (C=O) groups excluding carboxylic acids is 1. The molecule has 0 saturated carbocycles. The smallest absolute Gasteiger partial charge is 0.305 e. The van der Waals surface area contributed by atoms with Crippen molar-refractivity contribution in [2.24, 2.45) is 0 Å². The zero-order chi connectivity index (χ0) is 20.3. The molecule has 1 aromatic heterocycles. The zero-order valence-electron chi connectivity index (χ0n) is 14.4. The Morgan fingerprint density at radius 2 is 1.71 bits per heavy atom. The Hall–Kier alpha value is -3.75. The van der Waals surface area contributed by atoms with Crippen LogP contribution in [0.2, 0.25) is 0 Å². The van der Waals surface area contributed by atoms with E-state index in [1.165, 1.54) is 0 Å². The number of amides is 1. The van der Waals surface area contributed by atoms with E-state index in [9.17, 15) is 23.2 Å². The van der Waals surface area contributed by atoms with Crippen LogP contribution >= 0.6 is 0 Å². The molecule has 0 fully saturated rings. The Bertz CT molecular complexity index is 1060. The number of benzene rings is 2. The lowest BCUT2D eigenvalue weighted by Gasteiger charge is -2.18. The number of para-hydroxylation sites is 1. The lowest BCUT2D eigenvalue weighted by molar-refractivity contribution is -0.137. The SMILES string of the molecule is O=C(O)C[C@H](NC(=O)c1cc(=O)n(-c2ccccc2)[nH]1)c1c(F)cccc1F. The molecule has 0 spiro atoms. The van der Waals surface area contributed by atoms with Gasteiger partial charge in [0.2, 0.25) is 0 Å². The predicted octanol–water partition coefficient (Wildman–Crippen LogP) is 2.39. The van der Waals surface area contributed by atoms with E-state index in [1.54, 1.807) is 30.3 Å².